The topological polar surface area (TPSA) is 84.3 Å². The molecule has 1 aromatic carbocycles. The van der Waals surface area contributed by atoms with Gasteiger partial charge in [0.1, 0.15) is 5.78 Å². The summed E-state index contributed by atoms with van der Waals surface area (Å²) in [7, 11) is 0. The Morgan fingerprint density at radius 3 is 2.38 bits per heavy atom. The number of halogens is 3. The predicted octanol–water partition coefficient (Wildman–Crippen LogP) is 3.23. The maximum Gasteiger partial charge on any atom is 0.435 e. The van der Waals surface area contributed by atoms with Crippen LogP contribution in [-0.2, 0) is 15.8 Å². The molecular weight excluding hydrogens is 425 g/mol. The SMILES string of the molecule is CC(=O)N1CCC(C(=O)CCCNC(=O)c2cn(-c3ccccc3)nc2C(F)(F)F)CC1. The monoisotopic (exact) mass is 450 g/mol. The zero-order valence-electron chi connectivity index (χ0n) is 17.7. The van der Waals surface area contributed by atoms with Gasteiger partial charge in [-0.2, -0.15) is 18.3 Å². The van der Waals surface area contributed by atoms with Crippen molar-refractivity contribution in [2.24, 2.45) is 5.92 Å². The number of carbonyl (C=O) groups is 3. The van der Waals surface area contributed by atoms with E-state index in [-0.39, 0.29) is 30.6 Å². The van der Waals surface area contributed by atoms with Crippen molar-refractivity contribution < 1.29 is 27.6 Å². The Kier molecular flexibility index (Phi) is 7.32. The molecule has 1 aliphatic rings. The number of carbonyl (C=O) groups excluding carboxylic acids is 3. The minimum atomic E-state index is -4.78. The Hall–Kier alpha value is -3.17. The maximum atomic E-state index is 13.4. The van der Waals surface area contributed by atoms with Gasteiger partial charge in [-0.1, -0.05) is 18.2 Å². The number of nitrogens with zero attached hydrogens (tertiary/aromatic N) is 3. The second-order valence-electron chi connectivity index (χ2n) is 7.78. The van der Waals surface area contributed by atoms with E-state index >= 15 is 0 Å². The molecule has 0 saturated carbocycles. The number of nitrogens with one attached hydrogen (secondary N) is 1. The molecule has 1 aliphatic heterocycles. The zero-order valence-corrected chi connectivity index (χ0v) is 17.7. The molecule has 172 valence electrons. The normalized spacial score (nSPS) is 14.9. The van der Waals surface area contributed by atoms with Crippen LogP contribution in [0.4, 0.5) is 13.2 Å². The average molecular weight is 450 g/mol. The zero-order chi connectivity index (χ0) is 23.3. The van der Waals surface area contributed by atoms with E-state index in [1.807, 2.05) is 0 Å². The molecule has 0 aliphatic carbocycles. The van der Waals surface area contributed by atoms with Crippen molar-refractivity contribution >= 4 is 17.6 Å². The summed E-state index contributed by atoms with van der Waals surface area (Å²) >= 11 is 0. The molecule has 2 aromatic rings. The number of piperidine rings is 1. The second-order valence-corrected chi connectivity index (χ2v) is 7.78. The maximum absolute atomic E-state index is 13.4. The van der Waals surface area contributed by atoms with E-state index in [4.69, 9.17) is 0 Å². The Morgan fingerprint density at radius 2 is 1.78 bits per heavy atom. The minimum Gasteiger partial charge on any atom is -0.352 e. The Bertz CT molecular complexity index is 965. The van der Waals surface area contributed by atoms with Crippen molar-refractivity contribution in [3.8, 4) is 5.69 Å². The van der Waals surface area contributed by atoms with Gasteiger partial charge in [0, 0.05) is 45.1 Å². The number of alkyl halides is 3. The fourth-order valence-corrected chi connectivity index (χ4v) is 3.74. The lowest BCUT2D eigenvalue weighted by atomic mass is 9.90. The number of hydrogen-bond acceptors (Lipinski definition) is 4. The van der Waals surface area contributed by atoms with E-state index in [9.17, 15) is 27.6 Å². The van der Waals surface area contributed by atoms with Crippen LogP contribution in [0.3, 0.4) is 0 Å². The Morgan fingerprint density at radius 1 is 1.12 bits per heavy atom. The largest absolute Gasteiger partial charge is 0.435 e. The van der Waals surface area contributed by atoms with Gasteiger partial charge in [-0.05, 0) is 31.4 Å². The molecule has 2 heterocycles. The highest BCUT2D eigenvalue weighted by Gasteiger charge is 2.39. The summed E-state index contributed by atoms with van der Waals surface area (Å²) in [5.74, 6) is -0.966. The van der Waals surface area contributed by atoms with Crippen LogP contribution in [0, 0.1) is 5.92 Å². The van der Waals surface area contributed by atoms with Gasteiger partial charge in [0.05, 0.1) is 11.3 Å². The molecule has 1 N–H and O–H groups in total. The lowest BCUT2D eigenvalue weighted by molar-refractivity contribution is -0.141. The Labute approximate surface area is 183 Å². The molecule has 0 atom stereocenters. The summed E-state index contributed by atoms with van der Waals surface area (Å²) in [6.45, 7) is 2.67. The lowest BCUT2D eigenvalue weighted by Crippen LogP contribution is -2.39. The molecular formula is C22H25F3N4O3. The number of aromatic nitrogens is 2. The summed E-state index contributed by atoms with van der Waals surface area (Å²) in [4.78, 5) is 37.8. The van der Waals surface area contributed by atoms with Crippen molar-refractivity contribution in [1.29, 1.82) is 0 Å². The van der Waals surface area contributed by atoms with Crippen molar-refractivity contribution in [1.82, 2.24) is 20.0 Å². The molecule has 10 heteroatoms. The average Bonchev–Trinajstić information content (AvgIpc) is 3.23. The van der Waals surface area contributed by atoms with Crippen molar-refractivity contribution in [2.75, 3.05) is 19.6 Å². The summed E-state index contributed by atoms with van der Waals surface area (Å²) < 4.78 is 41.2. The summed E-state index contributed by atoms with van der Waals surface area (Å²) in [6.07, 6.45) is -1.96. The van der Waals surface area contributed by atoms with Crippen LogP contribution in [0.25, 0.3) is 5.69 Å². The number of rotatable bonds is 7. The molecule has 7 nitrogen and oxygen atoms in total. The van der Waals surface area contributed by atoms with Gasteiger partial charge in [-0.3, -0.25) is 14.4 Å². The fraction of sp³-hybridized carbons (Fsp3) is 0.455. The van der Waals surface area contributed by atoms with Crippen molar-refractivity contribution in [3.05, 3.63) is 47.8 Å². The fourth-order valence-electron chi connectivity index (χ4n) is 3.74. The van der Waals surface area contributed by atoms with Crippen LogP contribution in [0.2, 0.25) is 0 Å². The number of hydrogen-bond donors (Lipinski definition) is 1. The third-order valence-electron chi connectivity index (χ3n) is 5.53. The molecule has 0 spiro atoms. The molecule has 0 radical (unpaired) electrons. The number of para-hydroxylation sites is 1. The third kappa shape index (κ3) is 5.74. The van der Waals surface area contributed by atoms with E-state index in [0.29, 0.717) is 38.0 Å². The highest BCUT2D eigenvalue weighted by Crippen LogP contribution is 2.31. The molecule has 1 saturated heterocycles. The molecule has 2 amide bonds. The van der Waals surface area contributed by atoms with Crippen LogP contribution >= 0.6 is 0 Å². The summed E-state index contributed by atoms with van der Waals surface area (Å²) in [6, 6.07) is 8.21. The molecule has 0 unspecified atom stereocenters. The standard InChI is InChI=1S/C22H25F3N4O3/c1-15(30)28-12-9-16(10-13-28)19(31)8-5-11-26-21(32)18-14-29(17-6-3-2-4-7-17)27-20(18)22(23,24)25/h2-4,6-7,14,16H,5,8-13H2,1H3,(H,26,32). The van der Waals surface area contributed by atoms with Gasteiger partial charge < -0.3 is 10.2 Å². The number of Topliss-reactive ketones (excluding diaryl/α,β-unsaturated/α-hetero) is 1. The first-order valence-corrected chi connectivity index (χ1v) is 10.5. The quantitative estimate of drug-likeness (QED) is 0.657. The van der Waals surface area contributed by atoms with Crippen LogP contribution in [-0.4, -0.2) is 51.9 Å². The van der Waals surface area contributed by atoms with E-state index in [2.05, 4.69) is 10.4 Å². The number of amides is 2. The van der Waals surface area contributed by atoms with Gasteiger partial charge in [0.25, 0.3) is 5.91 Å². The van der Waals surface area contributed by atoms with Gasteiger partial charge in [-0.15, -0.1) is 0 Å². The van der Waals surface area contributed by atoms with Gasteiger partial charge in [0.15, 0.2) is 5.69 Å². The molecule has 32 heavy (non-hydrogen) atoms. The van der Waals surface area contributed by atoms with Crippen molar-refractivity contribution in [3.63, 3.8) is 0 Å². The molecule has 0 bridgehead atoms. The van der Waals surface area contributed by atoms with Gasteiger partial charge >= 0.3 is 6.18 Å². The van der Waals surface area contributed by atoms with Gasteiger partial charge in [0.2, 0.25) is 5.91 Å². The minimum absolute atomic E-state index is 0.00701. The smallest absolute Gasteiger partial charge is 0.352 e. The molecule has 1 fully saturated rings. The van der Waals surface area contributed by atoms with E-state index < -0.39 is 23.3 Å². The predicted molar refractivity (Wildman–Crippen MR) is 110 cm³/mol. The van der Waals surface area contributed by atoms with Crippen LogP contribution < -0.4 is 5.32 Å². The van der Waals surface area contributed by atoms with E-state index in [1.54, 1.807) is 35.2 Å². The Balaban J connectivity index is 1.54. The number of likely N-dealkylation sites (tertiary alicyclic amines) is 1. The highest BCUT2D eigenvalue weighted by molar-refractivity contribution is 5.95. The number of benzene rings is 1. The van der Waals surface area contributed by atoms with Crippen LogP contribution in [0.1, 0.15) is 48.7 Å². The molecule has 3 rings (SSSR count). The first-order chi connectivity index (χ1) is 15.2. The summed E-state index contributed by atoms with van der Waals surface area (Å²) in [5.41, 5.74) is -1.42. The van der Waals surface area contributed by atoms with Gasteiger partial charge in [-0.25, -0.2) is 4.68 Å². The molecule has 1 aromatic heterocycles. The number of ketones is 1. The lowest BCUT2D eigenvalue weighted by Gasteiger charge is -2.30. The van der Waals surface area contributed by atoms with Crippen LogP contribution in [0.5, 0.6) is 0 Å². The van der Waals surface area contributed by atoms with Crippen LogP contribution in [0.15, 0.2) is 36.5 Å². The first-order valence-electron chi connectivity index (χ1n) is 10.5. The summed E-state index contributed by atoms with van der Waals surface area (Å²) in [5, 5.41) is 6.02. The van der Waals surface area contributed by atoms with Crippen molar-refractivity contribution in [2.45, 2.75) is 38.8 Å². The van der Waals surface area contributed by atoms with E-state index in [1.165, 1.54) is 6.92 Å². The highest BCUT2D eigenvalue weighted by atomic mass is 19.4. The second kappa shape index (κ2) is 9.97. The third-order valence-corrected chi connectivity index (χ3v) is 5.53. The van der Waals surface area contributed by atoms with E-state index in [0.717, 1.165) is 10.9 Å². The first kappa shape index (κ1) is 23.5.